The molecule has 4 nitrogen and oxygen atoms in total. The van der Waals surface area contributed by atoms with Crippen LogP contribution in [-0.2, 0) is 4.57 Å². The van der Waals surface area contributed by atoms with Crippen LogP contribution in [0.5, 0.6) is 0 Å². The highest BCUT2D eigenvalue weighted by Gasteiger charge is 2.45. The van der Waals surface area contributed by atoms with Crippen molar-refractivity contribution in [3.63, 3.8) is 0 Å². The van der Waals surface area contributed by atoms with Crippen molar-refractivity contribution in [2.24, 2.45) is 0 Å². The first-order valence-corrected chi connectivity index (χ1v) is 13.3. The van der Waals surface area contributed by atoms with Gasteiger partial charge in [0.2, 0.25) is 0 Å². The standard InChI is InChI=1S/C25H36N3OP/c1-26(2)23-16-14-22(15-17-23)25(27-18-8-4-9-19-27)30(29,24-12-6-3-7-13-24)28-20-10-5-11-21-28/h3,6-7,12-17,25H,4-5,8-11,18-21H2,1-2H3/t25-,30-/m1/s1. The van der Waals surface area contributed by atoms with Gasteiger partial charge >= 0.3 is 0 Å². The number of benzene rings is 2. The number of piperidine rings is 2. The second kappa shape index (κ2) is 9.68. The highest BCUT2D eigenvalue weighted by Crippen LogP contribution is 2.63. The summed E-state index contributed by atoms with van der Waals surface area (Å²) in [7, 11) is 1.30. The summed E-state index contributed by atoms with van der Waals surface area (Å²) in [6.45, 7) is 3.94. The van der Waals surface area contributed by atoms with Crippen molar-refractivity contribution >= 4 is 18.3 Å². The minimum atomic E-state index is -2.84. The fraction of sp³-hybridized carbons (Fsp3) is 0.520. The van der Waals surface area contributed by atoms with Gasteiger partial charge in [-0.15, -0.1) is 0 Å². The van der Waals surface area contributed by atoms with E-state index in [9.17, 15) is 0 Å². The zero-order valence-electron chi connectivity index (χ0n) is 18.5. The van der Waals surface area contributed by atoms with E-state index in [1.165, 1.54) is 36.9 Å². The Morgan fingerprint density at radius 2 is 1.33 bits per heavy atom. The first kappa shape index (κ1) is 21.6. The van der Waals surface area contributed by atoms with E-state index >= 15 is 4.57 Å². The molecule has 2 aromatic carbocycles. The first-order chi connectivity index (χ1) is 14.6. The van der Waals surface area contributed by atoms with Crippen LogP contribution in [0.3, 0.4) is 0 Å². The molecule has 2 heterocycles. The Bertz CT molecular complexity index is 840. The molecule has 162 valence electrons. The lowest BCUT2D eigenvalue weighted by Gasteiger charge is -2.45. The number of hydrogen-bond acceptors (Lipinski definition) is 3. The number of rotatable bonds is 6. The predicted octanol–water partition coefficient (Wildman–Crippen LogP) is 5.33. The van der Waals surface area contributed by atoms with Gasteiger partial charge in [-0.05, 0) is 56.5 Å². The molecule has 0 aliphatic carbocycles. The smallest absolute Gasteiger partial charge is 0.199 e. The van der Waals surface area contributed by atoms with Gasteiger partial charge in [0.05, 0.1) is 0 Å². The van der Waals surface area contributed by atoms with Crippen molar-refractivity contribution in [2.45, 2.75) is 44.3 Å². The molecule has 0 saturated carbocycles. The highest BCUT2D eigenvalue weighted by molar-refractivity contribution is 7.69. The third kappa shape index (κ3) is 4.37. The van der Waals surface area contributed by atoms with Gasteiger partial charge in [0, 0.05) is 38.2 Å². The lowest BCUT2D eigenvalue weighted by atomic mass is 10.1. The van der Waals surface area contributed by atoms with Gasteiger partial charge < -0.3 is 4.90 Å². The summed E-state index contributed by atoms with van der Waals surface area (Å²) in [6, 6.07) is 19.1. The molecule has 0 unspecified atom stereocenters. The average Bonchev–Trinajstić information content (AvgIpc) is 2.81. The van der Waals surface area contributed by atoms with E-state index < -0.39 is 7.29 Å². The van der Waals surface area contributed by atoms with E-state index in [0.717, 1.165) is 44.3 Å². The van der Waals surface area contributed by atoms with Crippen LogP contribution in [0.1, 0.15) is 49.9 Å². The maximum atomic E-state index is 15.3. The monoisotopic (exact) mass is 425 g/mol. The molecule has 0 amide bonds. The van der Waals surface area contributed by atoms with E-state index in [0.29, 0.717) is 0 Å². The Balaban J connectivity index is 1.83. The van der Waals surface area contributed by atoms with Crippen molar-refractivity contribution in [2.75, 3.05) is 45.2 Å². The summed E-state index contributed by atoms with van der Waals surface area (Å²) in [4.78, 5) is 4.65. The number of hydrogen-bond donors (Lipinski definition) is 0. The van der Waals surface area contributed by atoms with E-state index in [2.05, 4.69) is 65.0 Å². The molecule has 2 aliphatic heterocycles. The first-order valence-electron chi connectivity index (χ1n) is 11.5. The summed E-state index contributed by atoms with van der Waals surface area (Å²) in [5.74, 6) is -0.0745. The van der Waals surface area contributed by atoms with Crippen LogP contribution >= 0.6 is 7.29 Å². The lowest BCUT2D eigenvalue weighted by molar-refractivity contribution is 0.198. The summed E-state index contributed by atoms with van der Waals surface area (Å²) >= 11 is 0. The Morgan fingerprint density at radius 1 is 0.767 bits per heavy atom. The molecule has 0 aromatic heterocycles. The van der Waals surface area contributed by atoms with E-state index in [-0.39, 0.29) is 5.78 Å². The maximum Gasteiger partial charge on any atom is 0.199 e. The third-order valence-corrected chi connectivity index (χ3v) is 10.2. The van der Waals surface area contributed by atoms with E-state index in [4.69, 9.17) is 0 Å². The molecule has 2 atom stereocenters. The van der Waals surface area contributed by atoms with Gasteiger partial charge in [0.25, 0.3) is 0 Å². The summed E-state index contributed by atoms with van der Waals surface area (Å²) < 4.78 is 17.6. The molecule has 2 aromatic rings. The van der Waals surface area contributed by atoms with Gasteiger partial charge in [0.1, 0.15) is 5.78 Å². The second-order valence-corrected chi connectivity index (χ2v) is 11.7. The van der Waals surface area contributed by atoms with Crippen LogP contribution in [0.15, 0.2) is 54.6 Å². The SMILES string of the molecule is CN(C)c1ccc([C@H](N2CCCCC2)[P@](=O)(c2ccccc2)N2CCCCC2)cc1. The van der Waals surface area contributed by atoms with E-state index in [1.807, 2.05) is 18.2 Å². The van der Waals surface area contributed by atoms with Gasteiger partial charge in [0.15, 0.2) is 7.29 Å². The maximum absolute atomic E-state index is 15.3. The Kier molecular flexibility index (Phi) is 6.98. The van der Waals surface area contributed by atoms with Crippen LogP contribution in [0.2, 0.25) is 0 Å². The van der Waals surface area contributed by atoms with Crippen molar-refractivity contribution in [3.05, 3.63) is 60.2 Å². The zero-order chi connectivity index (χ0) is 21.0. The fourth-order valence-corrected chi connectivity index (χ4v) is 8.66. The Morgan fingerprint density at radius 3 is 1.90 bits per heavy atom. The predicted molar refractivity (Wildman–Crippen MR) is 128 cm³/mol. The summed E-state index contributed by atoms with van der Waals surface area (Å²) in [5.41, 5.74) is 2.38. The average molecular weight is 426 g/mol. The van der Waals surface area contributed by atoms with Gasteiger partial charge in [-0.1, -0.05) is 55.3 Å². The van der Waals surface area contributed by atoms with Gasteiger partial charge in [-0.25, -0.2) is 4.67 Å². The quantitative estimate of drug-likeness (QED) is 0.585. The zero-order valence-corrected chi connectivity index (χ0v) is 19.4. The molecule has 0 N–H and O–H groups in total. The van der Waals surface area contributed by atoms with Crippen molar-refractivity contribution in [1.29, 1.82) is 0 Å². The van der Waals surface area contributed by atoms with Crippen molar-refractivity contribution < 1.29 is 4.57 Å². The topological polar surface area (TPSA) is 26.8 Å². The largest absolute Gasteiger partial charge is 0.378 e. The van der Waals surface area contributed by atoms with E-state index in [1.54, 1.807) is 0 Å². The molecule has 30 heavy (non-hydrogen) atoms. The molecule has 4 rings (SSSR count). The third-order valence-electron chi connectivity index (χ3n) is 6.65. The molecular formula is C25H36N3OP. The van der Waals surface area contributed by atoms with Crippen molar-refractivity contribution in [1.82, 2.24) is 9.57 Å². The summed E-state index contributed by atoms with van der Waals surface area (Å²) in [6.07, 6.45) is 7.20. The van der Waals surface area contributed by atoms with Crippen LogP contribution < -0.4 is 10.2 Å². The molecular weight excluding hydrogens is 389 g/mol. The Hall–Kier alpha value is -1.61. The second-order valence-electron chi connectivity index (χ2n) is 8.93. The fourth-order valence-electron chi connectivity index (χ4n) is 5.02. The lowest BCUT2D eigenvalue weighted by Crippen LogP contribution is -2.41. The minimum Gasteiger partial charge on any atom is -0.378 e. The van der Waals surface area contributed by atoms with Crippen molar-refractivity contribution in [3.8, 4) is 0 Å². The van der Waals surface area contributed by atoms with Gasteiger partial charge in [-0.3, -0.25) is 9.46 Å². The molecule has 0 radical (unpaired) electrons. The van der Waals surface area contributed by atoms with Gasteiger partial charge in [-0.2, -0.15) is 0 Å². The van der Waals surface area contributed by atoms with Crippen LogP contribution in [0, 0.1) is 0 Å². The number of anilines is 1. The molecule has 5 heteroatoms. The molecule has 2 saturated heterocycles. The molecule has 2 aliphatic rings. The number of likely N-dealkylation sites (tertiary alicyclic amines) is 1. The summed E-state index contributed by atoms with van der Waals surface area (Å²) in [5, 5.41) is 1.01. The molecule has 0 bridgehead atoms. The van der Waals surface area contributed by atoms with Crippen LogP contribution in [-0.4, -0.2) is 49.8 Å². The van der Waals surface area contributed by atoms with Crippen LogP contribution in [0.25, 0.3) is 0 Å². The highest BCUT2D eigenvalue weighted by atomic mass is 31.2. The normalized spacial score (nSPS) is 21.7. The minimum absolute atomic E-state index is 0.0745. The molecule has 2 fully saturated rings. The Labute approximate surface area is 182 Å². The van der Waals surface area contributed by atoms with Crippen LogP contribution in [0.4, 0.5) is 5.69 Å². The number of nitrogens with zero attached hydrogens (tertiary/aromatic N) is 3. The molecule has 0 spiro atoms.